The van der Waals surface area contributed by atoms with E-state index in [1.54, 1.807) is 42.3 Å². The molecule has 1 aliphatic rings. The van der Waals surface area contributed by atoms with E-state index in [4.69, 9.17) is 20.8 Å². The largest absolute Gasteiger partial charge is 0.497 e. The molecule has 0 bridgehead atoms. The lowest BCUT2D eigenvalue weighted by Crippen LogP contribution is -2.29. The molecule has 31 heavy (non-hydrogen) atoms. The van der Waals surface area contributed by atoms with Crippen LogP contribution in [0.25, 0.3) is 11.0 Å². The monoisotopic (exact) mass is 495 g/mol. The highest BCUT2D eigenvalue weighted by molar-refractivity contribution is 9.10. The predicted molar refractivity (Wildman–Crippen MR) is 123 cm³/mol. The number of rotatable bonds is 3. The molecule has 0 saturated carbocycles. The van der Waals surface area contributed by atoms with Gasteiger partial charge in [0.2, 0.25) is 5.76 Å². The minimum Gasteiger partial charge on any atom is -0.497 e. The molecular formula is C24H15BrClNO4. The van der Waals surface area contributed by atoms with E-state index in [0.717, 1.165) is 10.0 Å². The van der Waals surface area contributed by atoms with Crippen LogP contribution in [-0.2, 0) is 0 Å². The van der Waals surface area contributed by atoms with Crippen molar-refractivity contribution in [2.45, 2.75) is 6.04 Å². The molecule has 5 rings (SSSR count). The van der Waals surface area contributed by atoms with Crippen molar-refractivity contribution in [3.63, 3.8) is 0 Å². The Morgan fingerprint density at radius 2 is 1.71 bits per heavy atom. The van der Waals surface area contributed by atoms with E-state index in [9.17, 15) is 9.59 Å². The van der Waals surface area contributed by atoms with Gasteiger partial charge in [-0.3, -0.25) is 14.5 Å². The summed E-state index contributed by atoms with van der Waals surface area (Å²) in [5.41, 5.74) is 1.78. The van der Waals surface area contributed by atoms with Crippen LogP contribution in [0.4, 0.5) is 5.69 Å². The summed E-state index contributed by atoms with van der Waals surface area (Å²) in [6.07, 6.45) is 0. The summed E-state index contributed by atoms with van der Waals surface area (Å²) in [4.78, 5) is 28.6. The summed E-state index contributed by atoms with van der Waals surface area (Å²) in [7, 11) is 1.59. The second-order valence-electron chi connectivity index (χ2n) is 7.14. The van der Waals surface area contributed by atoms with E-state index < -0.39 is 6.04 Å². The zero-order valence-corrected chi connectivity index (χ0v) is 18.6. The van der Waals surface area contributed by atoms with Crippen LogP contribution in [0.3, 0.4) is 0 Å². The van der Waals surface area contributed by atoms with Crippen molar-refractivity contribution < 1.29 is 13.9 Å². The van der Waals surface area contributed by atoms with Crippen LogP contribution >= 0.6 is 27.5 Å². The van der Waals surface area contributed by atoms with Gasteiger partial charge in [0.05, 0.1) is 24.1 Å². The van der Waals surface area contributed by atoms with Crippen LogP contribution in [0, 0.1) is 0 Å². The predicted octanol–water partition coefficient (Wildman–Crippen LogP) is 5.97. The zero-order valence-electron chi connectivity index (χ0n) is 16.3. The second kappa shape index (κ2) is 7.55. The fraction of sp³-hybridized carbons (Fsp3) is 0.0833. The molecule has 0 saturated heterocycles. The number of carbonyl (C=O) groups excluding carboxylic acids is 1. The Labute approximate surface area is 190 Å². The number of ether oxygens (including phenoxy) is 1. The van der Waals surface area contributed by atoms with Crippen LogP contribution in [0.1, 0.15) is 27.7 Å². The van der Waals surface area contributed by atoms with Crippen molar-refractivity contribution in [2.24, 2.45) is 0 Å². The van der Waals surface area contributed by atoms with Crippen LogP contribution in [0.15, 0.2) is 80.4 Å². The number of hydrogen-bond acceptors (Lipinski definition) is 4. The highest BCUT2D eigenvalue weighted by atomic mass is 79.9. The summed E-state index contributed by atoms with van der Waals surface area (Å²) in [6.45, 7) is 0. The number of anilines is 1. The van der Waals surface area contributed by atoms with Crippen LogP contribution < -0.4 is 15.1 Å². The van der Waals surface area contributed by atoms with Crippen molar-refractivity contribution in [3.05, 3.63) is 103 Å². The molecular weight excluding hydrogens is 482 g/mol. The van der Waals surface area contributed by atoms with Crippen molar-refractivity contribution >= 4 is 50.1 Å². The number of amides is 1. The molecule has 2 heterocycles. The molecule has 0 spiro atoms. The first-order valence-electron chi connectivity index (χ1n) is 9.47. The molecule has 1 amide bonds. The van der Waals surface area contributed by atoms with Gasteiger partial charge in [-0.25, -0.2) is 0 Å². The van der Waals surface area contributed by atoms with Crippen molar-refractivity contribution in [3.8, 4) is 5.75 Å². The Balaban J connectivity index is 1.79. The van der Waals surface area contributed by atoms with Gasteiger partial charge in [0, 0.05) is 15.2 Å². The van der Waals surface area contributed by atoms with Crippen molar-refractivity contribution in [1.82, 2.24) is 0 Å². The average Bonchev–Trinajstić information content (AvgIpc) is 3.07. The van der Waals surface area contributed by atoms with Gasteiger partial charge in [-0.2, -0.15) is 0 Å². The third-order valence-corrected chi connectivity index (χ3v) is 6.13. The van der Waals surface area contributed by atoms with Gasteiger partial charge in [-0.1, -0.05) is 39.7 Å². The lowest BCUT2D eigenvalue weighted by molar-refractivity contribution is 0.0971. The van der Waals surface area contributed by atoms with Crippen molar-refractivity contribution in [1.29, 1.82) is 0 Å². The lowest BCUT2D eigenvalue weighted by Gasteiger charge is -2.25. The molecule has 0 aliphatic carbocycles. The van der Waals surface area contributed by atoms with Crippen molar-refractivity contribution in [2.75, 3.05) is 12.0 Å². The normalized spacial score (nSPS) is 15.4. The molecule has 1 unspecified atom stereocenters. The Morgan fingerprint density at radius 3 is 2.39 bits per heavy atom. The minimum atomic E-state index is -0.644. The average molecular weight is 497 g/mol. The third-order valence-electron chi connectivity index (χ3n) is 5.37. The molecule has 7 heteroatoms. The van der Waals surface area contributed by atoms with Gasteiger partial charge in [0.25, 0.3) is 5.91 Å². The number of carbonyl (C=O) groups is 1. The van der Waals surface area contributed by atoms with E-state index in [-0.39, 0.29) is 17.1 Å². The number of halogens is 2. The summed E-state index contributed by atoms with van der Waals surface area (Å²) >= 11 is 9.54. The summed E-state index contributed by atoms with van der Waals surface area (Å²) < 4.78 is 12.1. The first-order chi connectivity index (χ1) is 15.0. The highest BCUT2D eigenvalue weighted by Gasteiger charge is 2.43. The van der Waals surface area contributed by atoms with Gasteiger partial charge in [0.15, 0.2) is 5.43 Å². The summed E-state index contributed by atoms with van der Waals surface area (Å²) in [5, 5.41) is 0.769. The van der Waals surface area contributed by atoms with E-state index in [1.165, 1.54) is 0 Å². The Kier molecular flexibility index (Phi) is 4.84. The van der Waals surface area contributed by atoms with E-state index in [2.05, 4.69) is 15.9 Å². The van der Waals surface area contributed by atoms with E-state index in [1.807, 2.05) is 36.4 Å². The molecule has 1 aliphatic heterocycles. The van der Waals surface area contributed by atoms with Crippen LogP contribution in [0.5, 0.6) is 5.75 Å². The molecule has 1 aromatic heterocycles. The van der Waals surface area contributed by atoms with Gasteiger partial charge in [0.1, 0.15) is 11.3 Å². The maximum Gasteiger partial charge on any atom is 0.295 e. The first-order valence-corrected chi connectivity index (χ1v) is 10.6. The fourth-order valence-corrected chi connectivity index (χ4v) is 4.35. The van der Waals surface area contributed by atoms with E-state index in [0.29, 0.717) is 33.0 Å². The SMILES string of the molecule is COc1ccc(C2c3c(oc4ccc(Cl)cc4c3=O)C(=O)N2c2ccc(Br)cc2)cc1. The fourth-order valence-electron chi connectivity index (χ4n) is 3.91. The number of nitrogens with zero attached hydrogens (tertiary/aromatic N) is 1. The molecule has 0 N–H and O–H groups in total. The molecule has 0 fully saturated rings. The number of hydrogen-bond donors (Lipinski definition) is 0. The zero-order chi connectivity index (χ0) is 21.7. The summed E-state index contributed by atoms with van der Waals surface area (Å²) in [5.74, 6) is 0.358. The standard InChI is InChI=1S/C24H15BrClNO4/c1-30-17-9-2-13(3-10-17)21-20-22(28)18-12-15(26)6-11-19(18)31-23(20)24(29)27(21)16-7-4-14(25)5-8-16/h2-12,21H,1H3. The molecule has 5 nitrogen and oxygen atoms in total. The molecule has 4 aromatic rings. The minimum absolute atomic E-state index is 0.0450. The van der Waals surface area contributed by atoms with Crippen LogP contribution in [0.2, 0.25) is 5.02 Å². The topological polar surface area (TPSA) is 59.8 Å². The quantitative estimate of drug-likeness (QED) is 0.351. The number of benzene rings is 3. The van der Waals surface area contributed by atoms with Gasteiger partial charge in [-0.05, 0) is 60.2 Å². The second-order valence-corrected chi connectivity index (χ2v) is 8.49. The van der Waals surface area contributed by atoms with Gasteiger partial charge in [-0.15, -0.1) is 0 Å². The maximum atomic E-state index is 13.5. The smallest absolute Gasteiger partial charge is 0.295 e. The Bertz CT molecular complexity index is 1380. The molecule has 1 atom stereocenters. The van der Waals surface area contributed by atoms with Gasteiger partial charge >= 0.3 is 0 Å². The Morgan fingerprint density at radius 1 is 1.00 bits per heavy atom. The Hall–Kier alpha value is -3.09. The first kappa shape index (κ1) is 19.8. The third kappa shape index (κ3) is 3.23. The van der Waals surface area contributed by atoms with Crippen LogP contribution in [-0.4, -0.2) is 13.0 Å². The van der Waals surface area contributed by atoms with Gasteiger partial charge < -0.3 is 9.15 Å². The van der Waals surface area contributed by atoms with E-state index >= 15 is 0 Å². The molecule has 0 radical (unpaired) electrons. The highest BCUT2D eigenvalue weighted by Crippen LogP contribution is 2.41. The maximum absolute atomic E-state index is 13.5. The summed E-state index contributed by atoms with van der Waals surface area (Å²) in [6, 6.07) is 18.8. The number of fused-ring (bicyclic) bond motifs is 2. The lowest BCUT2D eigenvalue weighted by atomic mass is 9.98. The molecule has 3 aromatic carbocycles. The number of methoxy groups -OCH3 is 1. The molecule has 154 valence electrons.